The van der Waals surface area contributed by atoms with Crippen molar-refractivity contribution < 1.29 is 0 Å². The summed E-state index contributed by atoms with van der Waals surface area (Å²) >= 11 is 16.5. The van der Waals surface area contributed by atoms with Gasteiger partial charge in [-0.2, -0.15) is 0 Å². The minimum Gasteiger partial charge on any atom is -0.362 e. The summed E-state index contributed by atoms with van der Waals surface area (Å²) in [5.74, 6) is 0. The number of para-hydroxylation sites is 2. The number of halogens is 3. The van der Waals surface area contributed by atoms with Crippen LogP contribution in [-0.4, -0.2) is 9.97 Å². The zero-order valence-corrected chi connectivity index (χ0v) is 14.3. The molecule has 0 saturated carbocycles. The molecule has 0 aliphatic heterocycles. The Morgan fingerprint density at radius 1 is 0.739 bits per heavy atom. The number of aromatic nitrogens is 2. The first kappa shape index (κ1) is 16.1. The Morgan fingerprint density at radius 2 is 1.30 bits per heavy atom. The van der Waals surface area contributed by atoms with Gasteiger partial charge in [0.1, 0.15) is 0 Å². The Bertz CT molecular complexity index is 807. The van der Waals surface area contributed by atoms with Crippen LogP contribution in [0.4, 0.5) is 0 Å². The van der Waals surface area contributed by atoms with E-state index < -0.39 is 3.79 Å². The van der Waals surface area contributed by atoms with E-state index in [4.69, 9.17) is 34.8 Å². The molecule has 0 saturated heterocycles. The topological polar surface area (TPSA) is 28.7 Å². The summed E-state index contributed by atoms with van der Waals surface area (Å²) < 4.78 is -1.32. The molecule has 2 heterocycles. The number of hydrogen-bond donors (Lipinski definition) is 1. The standard InChI is InChI=1S/C13H9N.C5H4Cl3N/c1-3-7-12-10(5-1)9-11-6-2-4-8-13(11)14-12;6-5(7,8)4-2-1-3-9-4/h1-9H;1-3,9H. The Morgan fingerprint density at radius 3 is 1.74 bits per heavy atom. The van der Waals surface area contributed by atoms with Crippen molar-refractivity contribution in [2.45, 2.75) is 3.79 Å². The van der Waals surface area contributed by atoms with Gasteiger partial charge in [0.2, 0.25) is 3.79 Å². The average molecular weight is 364 g/mol. The maximum atomic E-state index is 5.50. The zero-order chi connectivity index (χ0) is 16.3. The highest BCUT2D eigenvalue weighted by atomic mass is 35.6. The second kappa shape index (κ2) is 6.79. The minimum atomic E-state index is -1.32. The van der Waals surface area contributed by atoms with Gasteiger partial charge in [-0.1, -0.05) is 71.2 Å². The largest absolute Gasteiger partial charge is 0.362 e. The average Bonchev–Trinajstić information content (AvgIpc) is 3.08. The number of fused-ring (bicyclic) bond motifs is 2. The molecule has 4 rings (SSSR count). The van der Waals surface area contributed by atoms with Crippen LogP contribution in [0.25, 0.3) is 21.8 Å². The van der Waals surface area contributed by atoms with Crippen molar-refractivity contribution in [3.05, 3.63) is 78.6 Å². The van der Waals surface area contributed by atoms with Crippen LogP contribution in [-0.2, 0) is 3.79 Å². The molecule has 2 nitrogen and oxygen atoms in total. The lowest BCUT2D eigenvalue weighted by atomic mass is 10.1. The number of nitrogens with one attached hydrogen (secondary N) is 1. The van der Waals surface area contributed by atoms with E-state index in [0.29, 0.717) is 5.69 Å². The van der Waals surface area contributed by atoms with Gasteiger partial charge in [0, 0.05) is 17.0 Å². The van der Waals surface area contributed by atoms with E-state index in [9.17, 15) is 0 Å². The van der Waals surface area contributed by atoms with Gasteiger partial charge in [-0.3, -0.25) is 0 Å². The normalized spacial score (nSPS) is 11.3. The number of benzene rings is 2. The molecule has 5 heteroatoms. The third-order valence-corrected chi connectivity index (χ3v) is 3.94. The number of nitrogens with zero attached hydrogens (tertiary/aromatic N) is 1. The fourth-order valence-electron chi connectivity index (χ4n) is 2.23. The Balaban J connectivity index is 0.000000151. The van der Waals surface area contributed by atoms with Crippen molar-refractivity contribution in [3.8, 4) is 0 Å². The van der Waals surface area contributed by atoms with Crippen molar-refractivity contribution in [1.29, 1.82) is 0 Å². The van der Waals surface area contributed by atoms with Gasteiger partial charge in [-0.25, -0.2) is 4.98 Å². The highest BCUT2D eigenvalue weighted by Gasteiger charge is 2.22. The monoisotopic (exact) mass is 362 g/mol. The fourth-order valence-corrected chi connectivity index (χ4v) is 2.58. The number of alkyl halides is 3. The molecule has 1 N–H and O–H groups in total. The quantitative estimate of drug-likeness (QED) is 0.291. The van der Waals surface area contributed by atoms with Crippen molar-refractivity contribution in [2.24, 2.45) is 0 Å². The molecule has 0 spiro atoms. The summed E-state index contributed by atoms with van der Waals surface area (Å²) in [7, 11) is 0. The summed E-state index contributed by atoms with van der Waals surface area (Å²) in [6.45, 7) is 0. The fraction of sp³-hybridized carbons (Fsp3) is 0.0556. The lowest BCUT2D eigenvalue weighted by molar-refractivity contribution is 1.13. The molecule has 0 fully saturated rings. The van der Waals surface area contributed by atoms with Crippen LogP contribution in [0, 0.1) is 0 Å². The van der Waals surface area contributed by atoms with E-state index in [1.807, 2.05) is 36.4 Å². The minimum absolute atomic E-state index is 0.590. The first-order chi connectivity index (χ1) is 11.0. The van der Waals surface area contributed by atoms with Gasteiger partial charge in [0.05, 0.1) is 16.7 Å². The van der Waals surface area contributed by atoms with E-state index in [1.165, 1.54) is 10.8 Å². The molecule has 2 aromatic carbocycles. The second-order valence-electron chi connectivity index (χ2n) is 4.96. The number of rotatable bonds is 0. The van der Waals surface area contributed by atoms with E-state index in [1.54, 1.807) is 18.3 Å². The Labute approximate surface area is 149 Å². The lowest BCUT2D eigenvalue weighted by Gasteiger charge is -2.06. The van der Waals surface area contributed by atoms with Crippen molar-refractivity contribution in [2.75, 3.05) is 0 Å². The summed E-state index contributed by atoms with van der Waals surface area (Å²) in [6.07, 6.45) is 1.71. The van der Waals surface area contributed by atoms with Gasteiger partial charge in [0.15, 0.2) is 0 Å². The molecular weight excluding hydrogens is 351 g/mol. The smallest absolute Gasteiger partial charge is 0.230 e. The van der Waals surface area contributed by atoms with E-state index in [2.05, 4.69) is 28.2 Å². The maximum absolute atomic E-state index is 5.50. The predicted molar refractivity (Wildman–Crippen MR) is 99.3 cm³/mol. The molecule has 2 aromatic heterocycles. The van der Waals surface area contributed by atoms with Crippen LogP contribution in [0.5, 0.6) is 0 Å². The molecule has 0 radical (unpaired) electrons. The molecule has 0 amide bonds. The van der Waals surface area contributed by atoms with Crippen LogP contribution in [0.3, 0.4) is 0 Å². The molecule has 0 bridgehead atoms. The highest BCUT2D eigenvalue weighted by Crippen LogP contribution is 2.36. The number of pyridine rings is 1. The second-order valence-corrected chi connectivity index (χ2v) is 7.24. The molecule has 23 heavy (non-hydrogen) atoms. The van der Waals surface area contributed by atoms with Crippen LogP contribution in [0.1, 0.15) is 5.69 Å². The zero-order valence-electron chi connectivity index (χ0n) is 12.0. The molecule has 116 valence electrons. The van der Waals surface area contributed by atoms with Gasteiger partial charge < -0.3 is 4.98 Å². The van der Waals surface area contributed by atoms with Crippen LogP contribution >= 0.6 is 34.8 Å². The van der Waals surface area contributed by atoms with Gasteiger partial charge in [-0.05, 0) is 30.3 Å². The van der Waals surface area contributed by atoms with Crippen LogP contribution in [0.2, 0.25) is 0 Å². The van der Waals surface area contributed by atoms with Crippen molar-refractivity contribution in [1.82, 2.24) is 9.97 Å². The molecule has 0 aliphatic carbocycles. The first-order valence-corrected chi connectivity index (χ1v) is 8.12. The summed E-state index contributed by atoms with van der Waals surface area (Å²) in [6, 6.07) is 22.1. The van der Waals surface area contributed by atoms with Gasteiger partial charge in [-0.15, -0.1) is 0 Å². The van der Waals surface area contributed by atoms with Crippen molar-refractivity contribution in [3.63, 3.8) is 0 Å². The number of hydrogen-bond acceptors (Lipinski definition) is 1. The highest BCUT2D eigenvalue weighted by molar-refractivity contribution is 6.66. The maximum Gasteiger partial charge on any atom is 0.230 e. The van der Waals surface area contributed by atoms with E-state index in [0.717, 1.165) is 11.0 Å². The summed E-state index contributed by atoms with van der Waals surface area (Å²) in [5.41, 5.74) is 2.71. The SMILES string of the molecule is ClC(Cl)(Cl)c1ccc[nH]1.c1ccc2nc3ccccc3cc2c1. The van der Waals surface area contributed by atoms with E-state index >= 15 is 0 Å². The Hall–Kier alpha value is -1.74. The first-order valence-electron chi connectivity index (χ1n) is 6.99. The lowest BCUT2D eigenvalue weighted by Crippen LogP contribution is -1.98. The van der Waals surface area contributed by atoms with Crippen LogP contribution in [0.15, 0.2) is 72.9 Å². The third-order valence-electron chi connectivity index (χ3n) is 3.33. The summed E-state index contributed by atoms with van der Waals surface area (Å²) in [5, 5.41) is 2.40. The van der Waals surface area contributed by atoms with Crippen molar-refractivity contribution >= 4 is 56.6 Å². The predicted octanol–water partition coefficient (Wildman–Crippen LogP) is 6.23. The van der Waals surface area contributed by atoms with E-state index in [-0.39, 0.29) is 0 Å². The molecular formula is C18H13Cl3N2. The summed E-state index contributed by atoms with van der Waals surface area (Å²) in [4.78, 5) is 7.36. The number of H-pyrrole nitrogens is 1. The van der Waals surface area contributed by atoms with Gasteiger partial charge in [0.25, 0.3) is 0 Å². The molecule has 4 aromatic rings. The van der Waals surface area contributed by atoms with Gasteiger partial charge >= 0.3 is 0 Å². The molecule has 0 aliphatic rings. The number of aromatic amines is 1. The molecule has 0 unspecified atom stereocenters. The van der Waals surface area contributed by atoms with Crippen LogP contribution < -0.4 is 0 Å². The third kappa shape index (κ3) is 3.97. The molecule has 0 atom stereocenters. The Kier molecular flexibility index (Phi) is 4.76.